The summed E-state index contributed by atoms with van der Waals surface area (Å²) >= 11 is 1.79. The van der Waals surface area contributed by atoms with Gasteiger partial charge in [0.15, 0.2) is 0 Å². The summed E-state index contributed by atoms with van der Waals surface area (Å²) in [6.45, 7) is 8.03. The van der Waals surface area contributed by atoms with Gasteiger partial charge in [0.25, 0.3) is 5.91 Å². The van der Waals surface area contributed by atoms with Crippen molar-refractivity contribution in [1.82, 2.24) is 5.32 Å². The number of amides is 1. The number of carbonyl (C=O) groups is 1. The van der Waals surface area contributed by atoms with Gasteiger partial charge < -0.3 is 10.6 Å². The molecule has 2 rings (SSSR count). The van der Waals surface area contributed by atoms with Crippen LogP contribution in [0.4, 0.5) is 5.69 Å². The van der Waals surface area contributed by atoms with Gasteiger partial charge in [0, 0.05) is 27.9 Å². The van der Waals surface area contributed by atoms with E-state index in [0.29, 0.717) is 10.8 Å². The Morgan fingerprint density at radius 3 is 2.38 bits per heavy atom. The van der Waals surface area contributed by atoms with Crippen molar-refractivity contribution in [3.63, 3.8) is 0 Å². The maximum Gasteiger partial charge on any atom is 0.255 e. The minimum absolute atomic E-state index is 0. The van der Waals surface area contributed by atoms with Crippen molar-refractivity contribution in [2.45, 2.75) is 37.5 Å². The fourth-order valence-electron chi connectivity index (χ4n) is 2.21. The standard InChI is InChI=1S/C19H24N2OS.ClH/c1-4-20-13-16-7-5-6-8-18(16)21-19(22)15-9-11-17(12-10-15)23-14(2)3;/h5-12,14,20H,4,13H2,1-3H3,(H,21,22);1H. The molecule has 1 amide bonds. The number of rotatable bonds is 7. The second-order valence-corrected chi connectivity index (χ2v) is 7.23. The third kappa shape index (κ3) is 6.19. The first-order chi connectivity index (χ1) is 11.1. The van der Waals surface area contributed by atoms with Crippen LogP contribution in [0.1, 0.15) is 36.7 Å². The van der Waals surface area contributed by atoms with Gasteiger partial charge >= 0.3 is 0 Å². The van der Waals surface area contributed by atoms with Gasteiger partial charge in [-0.1, -0.05) is 39.0 Å². The van der Waals surface area contributed by atoms with E-state index in [-0.39, 0.29) is 18.3 Å². The maximum absolute atomic E-state index is 12.4. The van der Waals surface area contributed by atoms with Crippen molar-refractivity contribution in [3.05, 3.63) is 59.7 Å². The summed E-state index contributed by atoms with van der Waals surface area (Å²) in [4.78, 5) is 13.6. The van der Waals surface area contributed by atoms with Gasteiger partial charge in [-0.2, -0.15) is 0 Å². The Labute approximate surface area is 155 Å². The van der Waals surface area contributed by atoms with Crippen LogP contribution in [0.25, 0.3) is 0 Å². The number of thioether (sulfide) groups is 1. The number of hydrogen-bond donors (Lipinski definition) is 2. The largest absolute Gasteiger partial charge is 0.322 e. The van der Waals surface area contributed by atoms with Crippen LogP contribution in [-0.2, 0) is 6.54 Å². The Hall–Kier alpha value is -1.49. The molecule has 3 nitrogen and oxygen atoms in total. The van der Waals surface area contributed by atoms with E-state index in [4.69, 9.17) is 0 Å². The molecule has 0 heterocycles. The first-order valence-electron chi connectivity index (χ1n) is 7.97. The summed E-state index contributed by atoms with van der Waals surface area (Å²) in [6, 6.07) is 15.7. The molecule has 0 fully saturated rings. The summed E-state index contributed by atoms with van der Waals surface area (Å²) in [5.74, 6) is -0.0740. The third-order valence-electron chi connectivity index (χ3n) is 3.32. The van der Waals surface area contributed by atoms with Crippen LogP contribution in [0.3, 0.4) is 0 Å². The fourth-order valence-corrected chi connectivity index (χ4v) is 3.05. The minimum atomic E-state index is -0.0740. The van der Waals surface area contributed by atoms with Crippen LogP contribution < -0.4 is 10.6 Å². The highest BCUT2D eigenvalue weighted by Gasteiger charge is 2.09. The molecule has 0 unspecified atom stereocenters. The zero-order chi connectivity index (χ0) is 16.7. The molecular formula is C19H25ClN2OS. The molecule has 0 aliphatic carbocycles. The van der Waals surface area contributed by atoms with Crippen molar-refractivity contribution >= 4 is 35.8 Å². The summed E-state index contributed by atoms with van der Waals surface area (Å²) < 4.78 is 0. The lowest BCUT2D eigenvalue weighted by atomic mass is 10.1. The average molecular weight is 365 g/mol. The van der Waals surface area contributed by atoms with E-state index in [1.807, 2.05) is 48.5 Å². The molecule has 0 radical (unpaired) electrons. The number of halogens is 1. The quantitative estimate of drug-likeness (QED) is 0.681. The fraction of sp³-hybridized carbons (Fsp3) is 0.316. The summed E-state index contributed by atoms with van der Waals surface area (Å²) in [5, 5.41) is 6.83. The van der Waals surface area contributed by atoms with Crippen molar-refractivity contribution in [2.24, 2.45) is 0 Å². The molecule has 0 aliphatic rings. The summed E-state index contributed by atoms with van der Waals surface area (Å²) in [6.07, 6.45) is 0. The van der Waals surface area contributed by atoms with Crippen LogP contribution in [0.2, 0.25) is 0 Å². The Balaban J connectivity index is 0.00000288. The molecule has 2 aromatic carbocycles. The van der Waals surface area contributed by atoms with Gasteiger partial charge in [-0.15, -0.1) is 24.2 Å². The SMILES string of the molecule is CCNCc1ccccc1NC(=O)c1ccc(SC(C)C)cc1.Cl. The molecule has 2 aromatic rings. The topological polar surface area (TPSA) is 41.1 Å². The van der Waals surface area contributed by atoms with Crippen LogP contribution in [0.15, 0.2) is 53.4 Å². The smallest absolute Gasteiger partial charge is 0.255 e. The Kier molecular flexibility index (Phi) is 8.90. The van der Waals surface area contributed by atoms with Crippen molar-refractivity contribution in [3.8, 4) is 0 Å². The third-order valence-corrected chi connectivity index (χ3v) is 4.34. The average Bonchev–Trinajstić information content (AvgIpc) is 2.54. The minimum Gasteiger partial charge on any atom is -0.322 e. The number of anilines is 1. The van der Waals surface area contributed by atoms with Gasteiger partial charge in [0.1, 0.15) is 0 Å². The number of nitrogens with one attached hydrogen (secondary N) is 2. The normalized spacial score (nSPS) is 10.3. The van der Waals surface area contributed by atoms with E-state index in [1.54, 1.807) is 11.8 Å². The molecule has 24 heavy (non-hydrogen) atoms. The van der Waals surface area contributed by atoms with Crippen LogP contribution >= 0.6 is 24.2 Å². The van der Waals surface area contributed by atoms with Crippen LogP contribution in [0.5, 0.6) is 0 Å². The highest BCUT2D eigenvalue weighted by Crippen LogP contribution is 2.23. The van der Waals surface area contributed by atoms with E-state index in [2.05, 4.69) is 31.4 Å². The van der Waals surface area contributed by atoms with E-state index >= 15 is 0 Å². The molecule has 0 saturated carbocycles. The molecule has 0 atom stereocenters. The second kappa shape index (κ2) is 10.4. The number of hydrogen-bond acceptors (Lipinski definition) is 3. The van der Waals surface area contributed by atoms with E-state index < -0.39 is 0 Å². The predicted octanol–water partition coefficient (Wildman–Crippen LogP) is 4.97. The van der Waals surface area contributed by atoms with Gasteiger partial charge in [-0.3, -0.25) is 4.79 Å². The molecule has 2 N–H and O–H groups in total. The van der Waals surface area contributed by atoms with E-state index in [9.17, 15) is 4.79 Å². The van der Waals surface area contributed by atoms with Gasteiger partial charge in [-0.05, 0) is 42.4 Å². The number of para-hydroxylation sites is 1. The van der Waals surface area contributed by atoms with Crippen LogP contribution in [0, 0.1) is 0 Å². The van der Waals surface area contributed by atoms with Crippen molar-refractivity contribution in [1.29, 1.82) is 0 Å². The lowest BCUT2D eigenvalue weighted by molar-refractivity contribution is 0.102. The monoisotopic (exact) mass is 364 g/mol. The Morgan fingerprint density at radius 2 is 1.75 bits per heavy atom. The molecule has 0 saturated heterocycles. The van der Waals surface area contributed by atoms with Gasteiger partial charge in [0.05, 0.1) is 0 Å². The Morgan fingerprint density at radius 1 is 1.08 bits per heavy atom. The van der Waals surface area contributed by atoms with E-state index in [1.165, 1.54) is 4.90 Å². The number of carbonyl (C=O) groups excluding carboxylic acids is 1. The first kappa shape index (κ1) is 20.6. The predicted molar refractivity (Wildman–Crippen MR) is 106 cm³/mol. The first-order valence-corrected chi connectivity index (χ1v) is 8.84. The molecule has 0 aliphatic heterocycles. The lowest BCUT2D eigenvalue weighted by Gasteiger charge is -2.12. The van der Waals surface area contributed by atoms with Gasteiger partial charge in [-0.25, -0.2) is 0 Å². The zero-order valence-electron chi connectivity index (χ0n) is 14.3. The van der Waals surface area contributed by atoms with Crippen molar-refractivity contribution < 1.29 is 4.79 Å². The molecule has 5 heteroatoms. The zero-order valence-corrected chi connectivity index (χ0v) is 16.0. The molecule has 0 bridgehead atoms. The number of benzene rings is 2. The summed E-state index contributed by atoms with van der Waals surface area (Å²) in [5.41, 5.74) is 2.63. The van der Waals surface area contributed by atoms with Crippen molar-refractivity contribution in [2.75, 3.05) is 11.9 Å². The van der Waals surface area contributed by atoms with Gasteiger partial charge in [0.2, 0.25) is 0 Å². The second-order valence-electron chi connectivity index (χ2n) is 5.58. The Bertz CT molecular complexity index is 644. The lowest BCUT2D eigenvalue weighted by Crippen LogP contribution is -2.17. The molecular weight excluding hydrogens is 340 g/mol. The highest BCUT2D eigenvalue weighted by atomic mass is 35.5. The highest BCUT2D eigenvalue weighted by molar-refractivity contribution is 7.99. The molecule has 130 valence electrons. The molecule has 0 spiro atoms. The molecule has 0 aromatic heterocycles. The maximum atomic E-state index is 12.4. The van der Waals surface area contributed by atoms with Crippen LogP contribution in [-0.4, -0.2) is 17.7 Å². The van der Waals surface area contributed by atoms with E-state index in [0.717, 1.165) is 24.3 Å². The summed E-state index contributed by atoms with van der Waals surface area (Å²) in [7, 11) is 0.